The molecule has 0 bridgehead atoms. The van der Waals surface area contributed by atoms with E-state index < -0.39 is 0 Å². The molecule has 23 heavy (non-hydrogen) atoms. The zero-order valence-electron chi connectivity index (χ0n) is 13.5. The molecule has 0 aliphatic carbocycles. The van der Waals surface area contributed by atoms with Gasteiger partial charge in [-0.3, -0.25) is 9.69 Å². The van der Waals surface area contributed by atoms with Crippen LogP contribution in [0.15, 0.2) is 48.2 Å². The molecule has 0 fully saturated rings. The predicted octanol–water partition coefficient (Wildman–Crippen LogP) is 3.75. The SMILES string of the molecule is Cc1cccc(/C=C2/Oc3cc(N)ccc3N(C(C)C)C2=O)c1. The van der Waals surface area contributed by atoms with E-state index >= 15 is 0 Å². The molecule has 118 valence electrons. The van der Waals surface area contributed by atoms with Gasteiger partial charge in [0.1, 0.15) is 0 Å². The lowest BCUT2D eigenvalue weighted by atomic mass is 10.1. The Hall–Kier alpha value is -2.75. The topological polar surface area (TPSA) is 55.6 Å². The van der Waals surface area contributed by atoms with Gasteiger partial charge in [0.2, 0.25) is 0 Å². The molecule has 0 radical (unpaired) electrons. The zero-order valence-corrected chi connectivity index (χ0v) is 13.5. The largest absolute Gasteiger partial charge is 0.449 e. The Morgan fingerprint density at radius 2 is 1.96 bits per heavy atom. The Balaban J connectivity index is 2.08. The van der Waals surface area contributed by atoms with Gasteiger partial charge < -0.3 is 10.5 Å². The summed E-state index contributed by atoms with van der Waals surface area (Å²) >= 11 is 0. The highest BCUT2D eigenvalue weighted by Gasteiger charge is 2.32. The number of nitrogens with two attached hydrogens (primary N) is 1. The van der Waals surface area contributed by atoms with Crippen LogP contribution in [0.25, 0.3) is 6.08 Å². The third-order valence-corrected chi connectivity index (χ3v) is 3.75. The lowest BCUT2D eigenvalue weighted by Crippen LogP contribution is -2.42. The first-order chi connectivity index (χ1) is 11.0. The average molecular weight is 308 g/mol. The molecule has 1 heterocycles. The van der Waals surface area contributed by atoms with Gasteiger partial charge in [-0.05, 0) is 44.5 Å². The van der Waals surface area contributed by atoms with E-state index in [-0.39, 0.29) is 11.9 Å². The smallest absolute Gasteiger partial charge is 0.294 e. The summed E-state index contributed by atoms with van der Waals surface area (Å²) in [5.74, 6) is 0.776. The number of ether oxygens (including phenoxy) is 1. The normalized spacial score (nSPS) is 15.7. The van der Waals surface area contributed by atoms with Crippen LogP contribution < -0.4 is 15.4 Å². The van der Waals surface area contributed by atoms with Crippen LogP contribution in [0.4, 0.5) is 11.4 Å². The molecule has 2 N–H and O–H groups in total. The molecule has 0 saturated heterocycles. The molecular weight excluding hydrogens is 288 g/mol. The molecule has 0 atom stereocenters. The highest BCUT2D eigenvalue weighted by Crippen LogP contribution is 2.38. The summed E-state index contributed by atoms with van der Waals surface area (Å²) in [7, 11) is 0. The number of carbonyl (C=O) groups is 1. The highest BCUT2D eigenvalue weighted by molar-refractivity contribution is 6.10. The van der Waals surface area contributed by atoms with E-state index in [2.05, 4.69) is 0 Å². The van der Waals surface area contributed by atoms with Crippen LogP contribution in [0.2, 0.25) is 0 Å². The number of benzene rings is 2. The lowest BCUT2D eigenvalue weighted by molar-refractivity contribution is -0.117. The van der Waals surface area contributed by atoms with Crippen molar-refractivity contribution in [3.63, 3.8) is 0 Å². The molecule has 4 heteroatoms. The van der Waals surface area contributed by atoms with Crippen molar-refractivity contribution in [1.82, 2.24) is 0 Å². The summed E-state index contributed by atoms with van der Waals surface area (Å²) in [6, 6.07) is 13.3. The number of nitrogens with zero attached hydrogens (tertiary/aromatic N) is 1. The van der Waals surface area contributed by atoms with Crippen molar-refractivity contribution in [2.75, 3.05) is 10.6 Å². The molecule has 0 unspecified atom stereocenters. The molecule has 1 amide bonds. The summed E-state index contributed by atoms with van der Waals surface area (Å²) in [6.45, 7) is 5.98. The predicted molar refractivity (Wildman–Crippen MR) is 93.3 cm³/mol. The minimum atomic E-state index is -0.140. The Morgan fingerprint density at radius 1 is 1.17 bits per heavy atom. The van der Waals surface area contributed by atoms with Gasteiger partial charge in [0.05, 0.1) is 5.69 Å². The van der Waals surface area contributed by atoms with Gasteiger partial charge in [-0.15, -0.1) is 0 Å². The van der Waals surface area contributed by atoms with Crippen molar-refractivity contribution in [1.29, 1.82) is 0 Å². The third kappa shape index (κ3) is 2.93. The molecule has 4 nitrogen and oxygen atoms in total. The van der Waals surface area contributed by atoms with Gasteiger partial charge in [-0.2, -0.15) is 0 Å². The van der Waals surface area contributed by atoms with Gasteiger partial charge in [0.15, 0.2) is 11.5 Å². The fourth-order valence-electron chi connectivity index (χ4n) is 2.72. The Morgan fingerprint density at radius 3 is 2.65 bits per heavy atom. The van der Waals surface area contributed by atoms with E-state index in [0.717, 1.165) is 16.8 Å². The van der Waals surface area contributed by atoms with E-state index in [1.807, 2.05) is 51.1 Å². The van der Waals surface area contributed by atoms with E-state index in [1.165, 1.54) is 0 Å². The number of nitrogen functional groups attached to an aromatic ring is 1. The maximum atomic E-state index is 12.8. The highest BCUT2D eigenvalue weighted by atomic mass is 16.5. The van der Waals surface area contributed by atoms with Gasteiger partial charge >= 0.3 is 0 Å². The van der Waals surface area contributed by atoms with Crippen LogP contribution in [0.1, 0.15) is 25.0 Å². The van der Waals surface area contributed by atoms with Crippen molar-refractivity contribution in [2.24, 2.45) is 0 Å². The van der Waals surface area contributed by atoms with Gasteiger partial charge in [-0.25, -0.2) is 0 Å². The number of hydrogen-bond acceptors (Lipinski definition) is 3. The number of hydrogen-bond donors (Lipinski definition) is 1. The fourth-order valence-corrected chi connectivity index (χ4v) is 2.72. The fraction of sp³-hybridized carbons (Fsp3) is 0.211. The zero-order chi connectivity index (χ0) is 16.6. The third-order valence-electron chi connectivity index (χ3n) is 3.75. The summed E-state index contributed by atoms with van der Waals surface area (Å²) in [5.41, 5.74) is 9.28. The minimum Gasteiger partial charge on any atom is -0.449 e. The average Bonchev–Trinajstić information content (AvgIpc) is 2.48. The Kier molecular flexibility index (Phi) is 3.82. The van der Waals surface area contributed by atoms with E-state index in [9.17, 15) is 4.79 Å². The number of amides is 1. The maximum absolute atomic E-state index is 12.8. The van der Waals surface area contributed by atoms with Crippen molar-refractivity contribution in [2.45, 2.75) is 26.8 Å². The van der Waals surface area contributed by atoms with Crippen LogP contribution in [0.3, 0.4) is 0 Å². The molecule has 0 saturated carbocycles. The van der Waals surface area contributed by atoms with Crippen LogP contribution in [-0.2, 0) is 4.79 Å². The molecule has 0 aromatic heterocycles. The number of rotatable bonds is 2. The molecule has 1 aliphatic heterocycles. The van der Waals surface area contributed by atoms with Crippen molar-refractivity contribution >= 4 is 23.4 Å². The minimum absolute atomic E-state index is 0.0229. The molecule has 3 rings (SSSR count). The van der Waals surface area contributed by atoms with Crippen molar-refractivity contribution in [3.05, 3.63) is 59.4 Å². The molecule has 2 aromatic rings. The van der Waals surface area contributed by atoms with Gasteiger partial charge in [-0.1, -0.05) is 29.8 Å². The van der Waals surface area contributed by atoms with Crippen molar-refractivity contribution < 1.29 is 9.53 Å². The Labute approximate surface area is 136 Å². The second-order valence-corrected chi connectivity index (χ2v) is 6.02. The first-order valence-corrected chi connectivity index (χ1v) is 7.65. The summed E-state index contributed by atoms with van der Waals surface area (Å²) < 4.78 is 5.84. The van der Waals surface area contributed by atoms with Gasteiger partial charge in [0, 0.05) is 17.8 Å². The second kappa shape index (κ2) is 5.80. The van der Waals surface area contributed by atoms with Crippen LogP contribution in [0, 0.1) is 6.92 Å². The van der Waals surface area contributed by atoms with Gasteiger partial charge in [0.25, 0.3) is 5.91 Å². The monoisotopic (exact) mass is 308 g/mol. The van der Waals surface area contributed by atoms with E-state index in [4.69, 9.17) is 10.5 Å². The van der Waals surface area contributed by atoms with E-state index in [1.54, 1.807) is 23.1 Å². The Bertz CT molecular complexity index is 794. The standard InChI is InChI=1S/C19H20N2O2/c1-12(2)21-16-8-7-15(20)11-17(16)23-18(19(21)22)10-14-6-4-5-13(3)9-14/h4-12H,20H2,1-3H3/b18-10+. The summed E-state index contributed by atoms with van der Waals surface area (Å²) in [5, 5.41) is 0. The quantitative estimate of drug-likeness (QED) is 0.679. The molecule has 1 aliphatic rings. The first-order valence-electron chi connectivity index (χ1n) is 7.65. The first kappa shape index (κ1) is 15.2. The van der Waals surface area contributed by atoms with Crippen LogP contribution in [0.5, 0.6) is 5.75 Å². The van der Waals surface area contributed by atoms with Crippen LogP contribution >= 0.6 is 0 Å². The number of carbonyl (C=O) groups excluding carboxylic acids is 1. The van der Waals surface area contributed by atoms with Crippen LogP contribution in [-0.4, -0.2) is 11.9 Å². The number of anilines is 2. The number of fused-ring (bicyclic) bond motifs is 1. The molecule has 2 aromatic carbocycles. The lowest BCUT2D eigenvalue weighted by Gasteiger charge is -2.33. The summed E-state index contributed by atoms with van der Waals surface area (Å²) in [4.78, 5) is 14.5. The summed E-state index contributed by atoms with van der Waals surface area (Å²) in [6.07, 6.45) is 1.77. The molecular formula is C19H20N2O2. The molecule has 0 spiro atoms. The maximum Gasteiger partial charge on any atom is 0.294 e. The second-order valence-electron chi connectivity index (χ2n) is 6.02. The van der Waals surface area contributed by atoms with Crippen molar-refractivity contribution in [3.8, 4) is 5.75 Å². The van der Waals surface area contributed by atoms with E-state index in [0.29, 0.717) is 17.2 Å². The number of aryl methyl sites for hydroxylation is 1.